The zero-order valence-corrected chi connectivity index (χ0v) is 11.7. The van der Waals surface area contributed by atoms with E-state index in [1.165, 1.54) is 25.3 Å². The summed E-state index contributed by atoms with van der Waals surface area (Å²) in [5, 5.41) is 10.8. The van der Waals surface area contributed by atoms with Crippen LogP contribution in [0.4, 0.5) is 5.69 Å². The molecule has 2 rings (SSSR count). The predicted octanol–water partition coefficient (Wildman–Crippen LogP) is 2.48. The maximum atomic E-state index is 12.5. The van der Waals surface area contributed by atoms with Crippen LogP contribution in [-0.2, 0) is 0 Å². The molecule has 0 aliphatic carbocycles. The lowest BCUT2D eigenvalue weighted by molar-refractivity contribution is -0.384. The first-order valence-corrected chi connectivity index (χ1v) is 6.64. The number of amides is 1. The van der Waals surface area contributed by atoms with Gasteiger partial charge in [0.15, 0.2) is 0 Å². The molecule has 1 amide bonds. The molecule has 1 aliphatic heterocycles. The van der Waals surface area contributed by atoms with Gasteiger partial charge in [-0.2, -0.15) is 0 Å². The van der Waals surface area contributed by atoms with Crippen LogP contribution < -0.4 is 4.74 Å². The summed E-state index contributed by atoms with van der Waals surface area (Å²) < 4.78 is 5.14. The van der Waals surface area contributed by atoms with Gasteiger partial charge in [-0.15, -0.1) is 0 Å². The van der Waals surface area contributed by atoms with Gasteiger partial charge in [0.05, 0.1) is 17.6 Å². The van der Waals surface area contributed by atoms with E-state index in [0.29, 0.717) is 24.8 Å². The molecule has 6 heteroatoms. The van der Waals surface area contributed by atoms with E-state index >= 15 is 0 Å². The number of hydrogen-bond donors (Lipinski definition) is 0. The molecule has 0 saturated carbocycles. The maximum absolute atomic E-state index is 12.5. The summed E-state index contributed by atoms with van der Waals surface area (Å²) in [4.78, 5) is 24.6. The minimum atomic E-state index is -0.505. The van der Waals surface area contributed by atoms with Crippen LogP contribution in [0.5, 0.6) is 5.75 Å². The average molecular weight is 278 g/mol. The summed E-state index contributed by atoms with van der Waals surface area (Å²) in [6, 6.07) is 4.10. The van der Waals surface area contributed by atoms with Gasteiger partial charge in [-0.1, -0.05) is 6.92 Å². The van der Waals surface area contributed by atoms with Crippen molar-refractivity contribution in [1.82, 2.24) is 4.90 Å². The van der Waals surface area contributed by atoms with Gasteiger partial charge in [0.25, 0.3) is 11.6 Å². The monoisotopic (exact) mass is 278 g/mol. The van der Waals surface area contributed by atoms with Gasteiger partial charge in [0, 0.05) is 25.2 Å². The number of nitrogens with zero attached hydrogens (tertiary/aromatic N) is 2. The zero-order chi connectivity index (χ0) is 14.7. The highest BCUT2D eigenvalue weighted by atomic mass is 16.6. The van der Waals surface area contributed by atoms with Crippen LogP contribution in [0, 0.1) is 16.0 Å². The Balaban J connectivity index is 2.27. The Morgan fingerprint density at radius 2 is 2.05 bits per heavy atom. The Kier molecular flexibility index (Phi) is 4.22. The average Bonchev–Trinajstić information content (AvgIpc) is 2.46. The lowest BCUT2D eigenvalue weighted by atomic mass is 9.98. The van der Waals surface area contributed by atoms with Gasteiger partial charge in [0.2, 0.25) is 0 Å². The van der Waals surface area contributed by atoms with E-state index in [4.69, 9.17) is 4.74 Å². The minimum Gasteiger partial charge on any atom is -0.496 e. The summed E-state index contributed by atoms with van der Waals surface area (Å²) in [6.45, 7) is 3.54. The summed E-state index contributed by atoms with van der Waals surface area (Å²) in [5.74, 6) is 0.794. The number of rotatable bonds is 3. The van der Waals surface area contributed by atoms with Gasteiger partial charge >= 0.3 is 0 Å². The summed E-state index contributed by atoms with van der Waals surface area (Å²) in [6.07, 6.45) is 1.92. The lowest BCUT2D eigenvalue weighted by Gasteiger charge is -2.30. The zero-order valence-electron chi connectivity index (χ0n) is 11.7. The third-order valence-corrected chi connectivity index (χ3v) is 3.70. The van der Waals surface area contributed by atoms with Gasteiger partial charge < -0.3 is 9.64 Å². The van der Waals surface area contributed by atoms with Crippen molar-refractivity contribution in [2.75, 3.05) is 20.2 Å². The minimum absolute atomic E-state index is 0.0977. The molecule has 20 heavy (non-hydrogen) atoms. The van der Waals surface area contributed by atoms with E-state index < -0.39 is 4.92 Å². The molecule has 1 heterocycles. The van der Waals surface area contributed by atoms with Crippen molar-refractivity contribution in [3.8, 4) is 5.75 Å². The molecule has 0 bridgehead atoms. The van der Waals surface area contributed by atoms with Crippen LogP contribution in [0.15, 0.2) is 18.2 Å². The Bertz CT molecular complexity index is 522. The Morgan fingerprint density at radius 3 is 2.60 bits per heavy atom. The van der Waals surface area contributed by atoms with Crippen molar-refractivity contribution < 1.29 is 14.5 Å². The first kappa shape index (κ1) is 14.3. The molecule has 0 unspecified atom stereocenters. The fourth-order valence-corrected chi connectivity index (χ4v) is 2.36. The number of piperidine rings is 1. The van der Waals surface area contributed by atoms with Crippen LogP contribution in [0.25, 0.3) is 0 Å². The number of nitro groups is 1. The molecule has 108 valence electrons. The molecule has 0 atom stereocenters. The predicted molar refractivity (Wildman–Crippen MR) is 73.9 cm³/mol. The molecule has 0 aromatic heterocycles. The number of non-ortho nitro benzene ring substituents is 1. The fourth-order valence-electron chi connectivity index (χ4n) is 2.36. The first-order valence-electron chi connectivity index (χ1n) is 6.64. The van der Waals surface area contributed by atoms with Gasteiger partial charge in [-0.3, -0.25) is 14.9 Å². The molecule has 0 N–H and O–H groups in total. The summed E-state index contributed by atoms with van der Waals surface area (Å²) in [7, 11) is 1.45. The molecule has 1 saturated heterocycles. The molecule has 0 radical (unpaired) electrons. The molecule has 1 aliphatic rings. The molecule has 0 spiro atoms. The van der Waals surface area contributed by atoms with E-state index in [1.54, 1.807) is 4.90 Å². The highest BCUT2D eigenvalue weighted by molar-refractivity contribution is 5.97. The largest absolute Gasteiger partial charge is 0.496 e. The number of nitro benzene ring substituents is 1. The van der Waals surface area contributed by atoms with Crippen LogP contribution in [0.3, 0.4) is 0 Å². The summed E-state index contributed by atoms with van der Waals surface area (Å²) >= 11 is 0. The normalized spacial score (nSPS) is 16.0. The Labute approximate surface area is 117 Å². The topological polar surface area (TPSA) is 72.7 Å². The SMILES string of the molecule is COc1ccc([N+](=O)[O-])cc1C(=O)N1CCC(C)CC1. The van der Waals surface area contributed by atoms with E-state index in [9.17, 15) is 14.9 Å². The number of likely N-dealkylation sites (tertiary alicyclic amines) is 1. The number of benzene rings is 1. The number of carbonyl (C=O) groups is 1. The smallest absolute Gasteiger partial charge is 0.270 e. The van der Waals surface area contributed by atoms with Crippen molar-refractivity contribution in [2.45, 2.75) is 19.8 Å². The maximum Gasteiger partial charge on any atom is 0.270 e. The third-order valence-electron chi connectivity index (χ3n) is 3.70. The molecule has 6 nitrogen and oxygen atoms in total. The van der Waals surface area contributed by atoms with Gasteiger partial charge in [-0.25, -0.2) is 0 Å². The van der Waals surface area contributed by atoms with Gasteiger partial charge in [-0.05, 0) is 24.8 Å². The highest BCUT2D eigenvalue weighted by Crippen LogP contribution is 2.27. The Morgan fingerprint density at radius 1 is 1.40 bits per heavy atom. The van der Waals surface area contributed by atoms with Crippen molar-refractivity contribution in [2.24, 2.45) is 5.92 Å². The fraction of sp³-hybridized carbons (Fsp3) is 0.500. The number of methoxy groups -OCH3 is 1. The van der Waals surface area contributed by atoms with E-state index in [0.717, 1.165) is 12.8 Å². The second kappa shape index (κ2) is 5.90. The van der Waals surface area contributed by atoms with E-state index in [2.05, 4.69) is 6.92 Å². The quantitative estimate of drug-likeness (QED) is 0.629. The highest BCUT2D eigenvalue weighted by Gasteiger charge is 2.25. The Hall–Kier alpha value is -2.11. The second-order valence-corrected chi connectivity index (χ2v) is 5.12. The molecule has 1 aromatic carbocycles. The van der Waals surface area contributed by atoms with Crippen LogP contribution >= 0.6 is 0 Å². The number of carbonyl (C=O) groups excluding carboxylic acids is 1. The summed E-state index contributed by atoms with van der Waals surface area (Å²) in [5.41, 5.74) is 0.163. The van der Waals surface area contributed by atoms with Crippen molar-refractivity contribution in [3.05, 3.63) is 33.9 Å². The molecule has 1 fully saturated rings. The third kappa shape index (κ3) is 2.89. The van der Waals surface area contributed by atoms with Crippen molar-refractivity contribution in [1.29, 1.82) is 0 Å². The lowest BCUT2D eigenvalue weighted by Crippen LogP contribution is -2.38. The van der Waals surface area contributed by atoms with E-state index in [-0.39, 0.29) is 17.2 Å². The number of hydrogen-bond acceptors (Lipinski definition) is 4. The van der Waals surface area contributed by atoms with Crippen LogP contribution in [-0.4, -0.2) is 35.9 Å². The standard InChI is InChI=1S/C14H18N2O4/c1-10-5-7-15(8-6-10)14(17)12-9-11(16(18)19)3-4-13(12)20-2/h3-4,9-10H,5-8H2,1-2H3. The van der Waals surface area contributed by atoms with Crippen molar-refractivity contribution in [3.63, 3.8) is 0 Å². The molecular weight excluding hydrogens is 260 g/mol. The molecular formula is C14H18N2O4. The number of ether oxygens (including phenoxy) is 1. The van der Waals surface area contributed by atoms with Gasteiger partial charge in [0.1, 0.15) is 5.75 Å². The second-order valence-electron chi connectivity index (χ2n) is 5.12. The first-order chi connectivity index (χ1) is 9.52. The van der Waals surface area contributed by atoms with Crippen molar-refractivity contribution >= 4 is 11.6 Å². The van der Waals surface area contributed by atoms with E-state index in [1.807, 2.05) is 0 Å². The molecule has 1 aromatic rings. The van der Waals surface area contributed by atoms with Crippen LogP contribution in [0.2, 0.25) is 0 Å². The van der Waals surface area contributed by atoms with Crippen LogP contribution in [0.1, 0.15) is 30.1 Å².